The van der Waals surface area contributed by atoms with Gasteiger partial charge in [-0.05, 0) is 31.4 Å². The lowest BCUT2D eigenvalue weighted by Crippen LogP contribution is -2.65. The molecule has 0 aromatic heterocycles. The highest BCUT2D eigenvalue weighted by Crippen LogP contribution is 2.27. The summed E-state index contributed by atoms with van der Waals surface area (Å²) in [5.74, 6) is 0.969. The van der Waals surface area contributed by atoms with E-state index in [-0.39, 0.29) is 19.1 Å². The minimum Gasteiger partial charge on any atom is -0.491 e. The first kappa shape index (κ1) is 19.5. The molecule has 0 aliphatic carbocycles. The van der Waals surface area contributed by atoms with Crippen LogP contribution in [0.2, 0.25) is 0 Å². The number of carbonyl (C=O) groups is 2. The summed E-state index contributed by atoms with van der Waals surface area (Å²) in [6, 6.07) is 8.19. The molecule has 2 saturated heterocycles. The maximum absolute atomic E-state index is 12.6. The molecule has 3 aliphatic heterocycles. The van der Waals surface area contributed by atoms with Gasteiger partial charge in [0.1, 0.15) is 18.5 Å². The zero-order valence-corrected chi connectivity index (χ0v) is 16.5. The molecule has 0 bridgehead atoms. The first-order valence-electron chi connectivity index (χ1n) is 10.1. The number of nitrogens with one attached hydrogen (secondary N) is 1. The van der Waals surface area contributed by atoms with Gasteiger partial charge in [0.2, 0.25) is 0 Å². The van der Waals surface area contributed by atoms with Gasteiger partial charge in [0.25, 0.3) is 5.91 Å². The molecule has 3 unspecified atom stereocenters. The Balaban J connectivity index is 1.50. The Kier molecular flexibility index (Phi) is 5.57. The normalized spacial score (nSPS) is 25.4. The first-order valence-corrected chi connectivity index (χ1v) is 10.1. The SMILES string of the molecule is CN1C(=O)NC(=O)C2C1N=C(N1CCCCC1)N2CC(O)COc1ccccc1. The summed E-state index contributed by atoms with van der Waals surface area (Å²) in [6.07, 6.45) is 1.88. The number of imide groups is 1. The fourth-order valence-electron chi connectivity index (χ4n) is 4.05. The first-order chi connectivity index (χ1) is 14.0. The number of urea groups is 1. The number of rotatable bonds is 5. The topological polar surface area (TPSA) is 97.7 Å². The highest BCUT2D eigenvalue weighted by Gasteiger charge is 2.50. The fourth-order valence-corrected chi connectivity index (χ4v) is 4.05. The van der Waals surface area contributed by atoms with Crippen molar-refractivity contribution in [2.75, 3.05) is 33.3 Å². The third-order valence-electron chi connectivity index (χ3n) is 5.57. The summed E-state index contributed by atoms with van der Waals surface area (Å²) < 4.78 is 5.66. The van der Waals surface area contributed by atoms with Gasteiger partial charge in [0, 0.05) is 20.1 Å². The molecule has 3 heterocycles. The van der Waals surface area contributed by atoms with E-state index < -0.39 is 24.3 Å². The molecule has 3 atom stereocenters. The monoisotopic (exact) mass is 401 g/mol. The van der Waals surface area contributed by atoms with Crippen molar-refractivity contribution in [2.24, 2.45) is 4.99 Å². The molecule has 0 spiro atoms. The highest BCUT2D eigenvalue weighted by molar-refractivity contribution is 6.03. The third-order valence-corrected chi connectivity index (χ3v) is 5.57. The molecule has 2 N–H and O–H groups in total. The van der Waals surface area contributed by atoms with E-state index in [2.05, 4.69) is 10.2 Å². The number of nitrogens with zero attached hydrogens (tertiary/aromatic N) is 4. The summed E-state index contributed by atoms with van der Waals surface area (Å²) in [7, 11) is 1.63. The summed E-state index contributed by atoms with van der Waals surface area (Å²) >= 11 is 0. The molecule has 0 radical (unpaired) electrons. The van der Waals surface area contributed by atoms with Crippen LogP contribution < -0.4 is 10.1 Å². The van der Waals surface area contributed by atoms with Crippen molar-refractivity contribution in [2.45, 2.75) is 37.6 Å². The number of β-amino-alcohol motifs (C(OH)–C–C–N with tert-alkyl or cyclic N) is 1. The van der Waals surface area contributed by atoms with E-state index >= 15 is 0 Å². The molecule has 156 valence electrons. The zero-order chi connectivity index (χ0) is 20.4. The molecule has 3 aliphatic rings. The second kappa shape index (κ2) is 8.28. The highest BCUT2D eigenvalue weighted by atomic mass is 16.5. The number of aliphatic hydroxyl groups is 1. The lowest BCUT2D eigenvalue weighted by Gasteiger charge is -2.39. The number of likely N-dealkylation sites (N-methyl/N-ethyl adjacent to an activating group) is 1. The van der Waals surface area contributed by atoms with Crippen molar-refractivity contribution in [1.29, 1.82) is 0 Å². The number of likely N-dealkylation sites (tertiary alicyclic amines) is 1. The van der Waals surface area contributed by atoms with Crippen LogP contribution in [0, 0.1) is 0 Å². The van der Waals surface area contributed by atoms with E-state index in [1.807, 2.05) is 35.2 Å². The van der Waals surface area contributed by atoms with Gasteiger partial charge in [-0.3, -0.25) is 10.1 Å². The molecule has 1 aromatic rings. The van der Waals surface area contributed by atoms with Crippen LogP contribution in [0.15, 0.2) is 35.3 Å². The van der Waals surface area contributed by atoms with Crippen LogP contribution in [0.3, 0.4) is 0 Å². The molecule has 2 fully saturated rings. The van der Waals surface area contributed by atoms with E-state index in [0.717, 1.165) is 25.9 Å². The maximum Gasteiger partial charge on any atom is 0.325 e. The number of para-hydroxylation sites is 1. The van der Waals surface area contributed by atoms with Crippen LogP contribution in [-0.4, -0.2) is 89.3 Å². The van der Waals surface area contributed by atoms with Crippen molar-refractivity contribution >= 4 is 17.9 Å². The maximum atomic E-state index is 12.6. The van der Waals surface area contributed by atoms with Gasteiger partial charge in [-0.1, -0.05) is 18.2 Å². The second-order valence-corrected chi connectivity index (χ2v) is 7.67. The smallest absolute Gasteiger partial charge is 0.325 e. The number of hydrogen-bond acceptors (Lipinski definition) is 7. The van der Waals surface area contributed by atoms with Gasteiger partial charge in [-0.2, -0.15) is 0 Å². The largest absolute Gasteiger partial charge is 0.491 e. The number of hydrogen-bond donors (Lipinski definition) is 2. The Bertz CT molecular complexity index is 780. The molecular formula is C20H27N5O4. The number of guanidine groups is 1. The van der Waals surface area contributed by atoms with Gasteiger partial charge in [0.05, 0.1) is 6.54 Å². The Morgan fingerprint density at radius 2 is 1.93 bits per heavy atom. The molecule has 0 saturated carbocycles. The van der Waals surface area contributed by atoms with Gasteiger partial charge in [0.15, 0.2) is 18.2 Å². The van der Waals surface area contributed by atoms with E-state index in [0.29, 0.717) is 11.7 Å². The predicted molar refractivity (Wildman–Crippen MR) is 106 cm³/mol. The molecule has 4 rings (SSSR count). The Morgan fingerprint density at radius 3 is 2.66 bits per heavy atom. The van der Waals surface area contributed by atoms with Crippen LogP contribution in [-0.2, 0) is 4.79 Å². The van der Waals surface area contributed by atoms with Crippen molar-refractivity contribution in [3.8, 4) is 5.75 Å². The number of ether oxygens (including phenoxy) is 1. The number of fused-ring (bicyclic) bond motifs is 1. The lowest BCUT2D eigenvalue weighted by molar-refractivity contribution is -0.127. The van der Waals surface area contributed by atoms with E-state index in [1.165, 1.54) is 11.3 Å². The van der Waals surface area contributed by atoms with Gasteiger partial charge in [-0.15, -0.1) is 0 Å². The molecule has 1 aromatic carbocycles. The minimum atomic E-state index is -0.820. The molecule has 9 heteroatoms. The number of piperidine rings is 1. The number of benzene rings is 1. The van der Waals surface area contributed by atoms with E-state index in [1.54, 1.807) is 7.05 Å². The molecule has 9 nitrogen and oxygen atoms in total. The predicted octanol–water partition coefficient (Wildman–Crippen LogP) is 0.460. The Hall–Kier alpha value is -2.81. The summed E-state index contributed by atoms with van der Waals surface area (Å²) in [4.78, 5) is 34.8. The van der Waals surface area contributed by atoms with E-state index in [4.69, 9.17) is 9.73 Å². The van der Waals surface area contributed by atoms with Gasteiger partial charge in [-0.25, -0.2) is 9.79 Å². The third kappa shape index (κ3) is 4.00. The average Bonchev–Trinajstić information content (AvgIpc) is 3.12. The van der Waals surface area contributed by atoms with Crippen LogP contribution in [0.1, 0.15) is 19.3 Å². The standard InChI is InChI=1S/C20H27N5O4/c1-23-17-16(18(27)22-20(23)28)25(19(21-17)24-10-6-3-7-11-24)12-14(26)13-29-15-8-4-2-5-9-15/h2,4-5,8-9,14,16-17,26H,3,6-7,10-13H2,1H3,(H,22,27,28). The lowest BCUT2D eigenvalue weighted by atomic mass is 10.1. The summed E-state index contributed by atoms with van der Waals surface area (Å²) in [5, 5.41) is 13.0. The minimum absolute atomic E-state index is 0.0988. The Morgan fingerprint density at radius 1 is 1.21 bits per heavy atom. The van der Waals surface area contributed by atoms with Crippen molar-refractivity contribution in [1.82, 2.24) is 20.0 Å². The van der Waals surface area contributed by atoms with Gasteiger partial charge < -0.3 is 24.5 Å². The number of aliphatic imine (C=N–C) groups is 1. The van der Waals surface area contributed by atoms with Crippen LogP contribution in [0.5, 0.6) is 5.75 Å². The fraction of sp³-hybridized carbons (Fsp3) is 0.550. The Labute approximate surface area is 169 Å². The molecule has 29 heavy (non-hydrogen) atoms. The second-order valence-electron chi connectivity index (χ2n) is 7.67. The number of amides is 3. The average molecular weight is 401 g/mol. The van der Waals surface area contributed by atoms with Crippen LogP contribution in [0.4, 0.5) is 4.79 Å². The van der Waals surface area contributed by atoms with Crippen molar-refractivity contribution in [3.63, 3.8) is 0 Å². The number of aliphatic hydroxyl groups excluding tert-OH is 1. The molecular weight excluding hydrogens is 374 g/mol. The molecule has 3 amide bonds. The van der Waals surface area contributed by atoms with Crippen LogP contribution in [0.25, 0.3) is 0 Å². The van der Waals surface area contributed by atoms with Gasteiger partial charge >= 0.3 is 6.03 Å². The van der Waals surface area contributed by atoms with E-state index in [9.17, 15) is 14.7 Å². The van der Waals surface area contributed by atoms with Crippen LogP contribution >= 0.6 is 0 Å². The van der Waals surface area contributed by atoms with Crippen molar-refractivity contribution in [3.05, 3.63) is 30.3 Å². The quantitative estimate of drug-likeness (QED) is 0.744. The number of carbonyl (C=O) groups excluding carboxylic acids is 2. The summed E-state index contributed by atoms with van der Waals surface area (Å²) in [6.45, 7) is 2.00. The summed E-state index contributed by atoms with van der Waals surface area (Å²) in [5.41, 5.74) is 0. The zero-order valence-electron chi connectivity index (χ0n) is 16.5. The van der Waals surface area contributed by atoms with Crippen molar-refractivity contribution < 1.29 is 19.4 Å².